The zero-order valence-corrected chi connectivity index (χ0v) is 14.7. The molecule has 0 amide bonds. The molecule has 2 heterocycles. The fourth-order valence-electron chi connectivity index (χ4n) is 2.81. The highest BCUT2D eigenvalue weighted by Crippen LogP contribution is 2.25. The first-order valence-electron chi connectivity index (χ1n) is 8.20. The molecule has 0 bridgehead atoms. The molecule has 2 aromatic rings. The summed E-state index contributed by atoms with van der Waals surface area (Å²) in [4.78, 5) is 14.1. The summed E-state index contributed by atoms with van der Waals surface area (Å²) < 4.78 is 52.8. The van der Waals surface area contributed by atoms with Crippen molar-refractivity contribution >= 4 is 5.82 Å². The van der Waals surface area contributed by atoms with E-state index in [2.05, 4.69) is 15.0 Å². The Morgan fingerprint density at radius 2 is 2.11 bits per heavy atom. The molecule has 0 fully saturated rings. The van der Waals surface area contributed by atoms with Gasteiger partial charge in [-0.1, -0.05) is 12.1 Å². The van der Waals surface area contributed by atoms with Gasteiger partial charge >= 0.3 is 18.2 Å². The lowest BCUT2D eigenvalue weighted by atomic mass is 10.1. The van der Waals surface area contributed by atoms with E-state index in [-0.39, 0.29) is 30.2 Å². The summed E-state index contributed by atoms with van der Waals surface area (Å²) in [7, 11) is 1.50. The molecule has 0 radical (unpaired) electrons. The van der Waals surface area contributed by atoms with Gasteiger partial charge in [0.2, 0.25) is 0 Å². The Labute approximate surface area is 157 Å². The highest BCUT2D eigenvalue weighted by molar-refractivity contribution is 5.27. The van der Waals surface area contributed by atoms with Crippen molar-refractivity contribution in [2.75, 3.05) is 13.7 Å². The number of alkyl halides is 3. The number of fused-ring (bicyclic) bond motifs is 1. The van der Waals surface area contributed by atoms with Crippen LogP contribution >= 0.6 is 0 Å². The van der Waals surface area contributed by atoms with Crippen LogP contribution < -0.4 is 14.8 Å². The molecule has 1 aromatic carbocycles. The van der Waals surface area contributed by atoms with E-state index in [0.29, 0.717) is 13.1 Å². The molecule has 9 nitrogen and oxygen atoms in total. The largest absolute Gasteiger partial charge is 0.573 e. The number of methoxy groups -OCH3 is 1. The van der Waals surface area contributed by atoms with Crippen LogP contribution in [0, 0.1) is 10.1 Å². The molecule has 0 aliphatic carbocycles. The average Bonchev–Trinajstić information content (AvgIpc) is 3.03. The molecule has 152 valence electrons. The van der Waals surface area contributed by atoms with Crippen molar-refractivity contribution in [3.63, 3.8) is 0 Å². The summed E-state index contributed by atoms with van der Waals surface area (Å²) in [6.07, 6.45) is -3.89. The molecule has 1 N–H and O–H groups in total. The third-order valence-electron chi connectivity index (χ3n) is 4.07. The van der Waals surface area contributed by atoms with E-state index in [1.807, 2.05) is 0 Å². The number of nitro groups is 1. The first-order valence-corrected chi connectivity index (χ1v) is 8.20. The quantitative estimate of drug-likeness (QED) is 0.560. The Hall–Kier alpha value is -2.86. The number of nitrogens with zero attached hydrogens (tertiary/aromatic N) is 3. The van der Waals surface area contributed by atoms with E-state index in [0.717, 1.165) is 5.56 Å². The van der Waals surface area contributed by atoms with Crippen LogP contribution in [-0.4, -0.2) is 46.7 Å². The fourth-order valence-corrected chi connectivity index (χ4v) is 2.81. The maximum Gasteiger partial charge on any atom is 0.573 e. The predicted molar refractivity (Wildman–Crippen MR) is 88.9 cm³/mol. The van der Waals surface area contributed by atoms with Crippen LogP contribution in [0.5, 0.6) is 11.8 Å². The molecule has 0 saturated carbocycles. The highest BCUT2D eigenvalue weighted by Gasteiger charge is 2.35. The fraction of sp³-hybridized carbons (Fsp3) is 0.438. The van der Waals surface area contributed by atoms with E-state index >= 15 is 0 Å². The second-order valence-electron chi connectivity index (χ2n) is 6.08. The number of hydrogen-bond acceptors (Lipinski definition) is 7. The minimum atomic E-state index is -4.74. The molecule has 0 saturated heterocycles. The molecule has 0 spiro atoms. The number of rotatable bonds is 7. The van der Waals surface area contributed by atoms with Gasteiger partial charge in [-0.2, -0.15) is 0 Å². The molecule has 0 unspecified atom stereocenters. The summed E-state index contributed by atoms with van der Waals surface area (Å²) >= 11 is 0. The van der Waals surface area contributed by atoms with Gasteiger partial charge in [0.25, 0.3) is 0 Å². The van der Waals surface area contributed by atoms with Crippen LogP contribution in [0.1, 0.15) is 5.56 Å². The molecule has 2 atom stereocenters. The number of hydrogen-bond donors (Lipinski definition) is 1. The molecule has 12 heteroatoms. The van der Waals surface area contributed by atoms with Gasteiger partial charge in [-0.15, -0.1) is 13.2 Å². The Balaban J connectivity index is 1.65. The maximum atomic E-state index is 12.2. The summed E-state index contributed by atoms with van der Waals surface area (Å²) in [6, 6.07) is 5.36. The minimum absolute atomic E-state index is 0.139. The SMILES string of the molecule is COC[C@@H]1Oc2nc([N+](=O)[O-])cn2C[C@@H]1NCc1ccc(OC(F)(F)F)cc1. The first kappa shape index (κ1) is 19.9. The van der Waals surface area contributed by atoms with Crippen molar-refractivity contribution in [2.24, 2.45) is 0 Å². The standard InChI is InChI=1S/C16H17F3N4O5/c1-26-9-13-12(7-22-8-14(23(24)25)21-15(22)27-13)20-6-10-2-4-11(5-3-10)28-16(17,18)19/h2-5,8,12-13,20H,6-7,9H2,1H3/t12-,13-/m0/s1. The average molecular weight is 402 g/mol. The molecule has 1 aromatic heterocycles. The van der Waals surface area contributed by atoms with Crippen LogP contribution in [0.4, 0.5) is 19.0 Å². The smallest absolute Gasteiger partial charge is 0.438 e. The van der Waals surface area contributed by atoms with E-state index in [4.69, 9.17) is 9.47 Å². The Kier molecular flexibility index (Phi) is 5.70. The lowest BCUT2D eigenvalue weighted by Gasteiger charge is -2.31. The van der Waals surface area contributed by atoms with Crippen molar-refractivity contribution < 1.29 is 32.3 Å². The Morgan fingerprint density at radius 1 is 1.39 bits per heavy atom. The normalized spacial score (nSPS) is 19.0. The first-order chi connectivity index (χ1) is 13.2. The van der Waals surface area contributed by atoms with Gasteiger partial charge in [0.15, 0.2) is 0 Å². The van der Waals surface area contributed by atoms with Crippen LogP contribution in [0.15, 0.2) is 30.5 Å². The van der Waals surface area contributed by atoms with Gasteiger partial charge in [-0.3, -0.25) is 4.57 Å². The minimum Gasteiger partial charge on any atom is -0.438 e. The molecule has 3 rings (SSSR count). The van der Waals surface area contributed by atoms with Crippen LogP contribution in [-0.2, 0) is 17.8 Å². The zero-order valence-electron chi connectivity index (χ0n) is 14.7. The molecule has 1 aliphatic rings. The summed E-state index contributed by atoms with van der Waals surface area (Å²) in [6.45, 7) is 0.933. The van der Waals surface area contributed by atoms with Crippen molar-refractivity contribution in [3.05, 3.63) is 46.1 Å². The molecular weight excluding hydrogens is 385 g/mol. The highest BCUT2D eigenvalue weighted by atomic mass is 19.4. The van der Waals surface area contributed by atoms with Crippen LogP contribution in [0.2, 0.25) is 0 Å². The number of ether oxygens (including phenoxy) is 3. The van der Waals surface area contributed by atoms with Crippen LogP contribution in [0.25, 0.3) is 0 Å². The third kappa shape index (κ3) is 4.89. The number of benzene rings is 1. The topological polar surface area (TPSA) is 101 Å². The zero-order chi connectivity index (χ0) is 20.3. The Bertz CT molecular complexity index is 825. The summed E-state index contributed by atoms with van der Waals surface area (Å²) in [5.41, 5.74) is 0.730. The number of imidazole rings is 1. The second kappa shape index (κ2) is 8.02. The monoisotopic (exact) mass is 402 g/mol. The Morgan fingerprint density at radius 3 is 2.71 bits per heavy atom. The lowest BCUT2D eigenvalue weighted by Crippen LogP contribution is -2.50. The third-order valence-corrected chi connectivity index (χ3v) is 4.07. The van der Waals surface area contributed by atoms with Crippen molar-refractivity contribution in [3.8, 4) is 11.8 Å². The lowest BCUT2D eigenvalue weighted by molar-refractivity contribution is -0.389. The van der Waals surface area contributed by atoms with E-state index in [1.54, 1.807) is 0 Å². The van der Waals surface area contributed by atoms with Crippen LogP contribution in [0.3, 0.4) is 0 Å². The predicted octanol–water partition coefficient (Wildman–Crippen LogP) is 2.26. The van der Waals surface area contributed by atoms with Crippen molar-refractivity contribution in [1.82, 2.24) is 14.9 Å². The van der Waals surface area contributed by atoms with E-state index in [1.165, 1.54) is 42.1 Å². The molecule has 28 heavy (non-hydrogen) atoms. The van der Waals surface area contributed by atoms with Gasteiger partial charge in [0, 0.05) is 25.2 Å². The summed E-state index contributed by atoms with van der Waals surface area (Å²) in [5, 5.41) is 14.1. The van der Waals surface area contributed by atoms with Gasteiger partial charge in [-0.05, 0) is 22.6 Å². The maximum absolute atomic E-state index is 12.2. The summed E-state index contributed by atoms with van der Waals surface area (Å²) in [5.74, 6) is -0.614. The number of aromatic nitrogens is 2. The van der Waals surface area contributed by atoms with Gasteiger partial charge < -0.3 is 29.6 Å². The molecule has 1 aliphatic heterocycles. The van der Waals surface area contributed by atoms with Crippen molar-refractivity contribution in [2.45, 2.75) is 31.6 Å². The van der Waals surface area contributed by atoms with E-state index in [9.17, 15) is 23.3 Å². The van der Waals surface area contributed by atoms with Gasteiger partial charge in [-0.25, -0.2) is 0 Å². The number of nitrogens with one attached hydrogen (secondary N) is 1. The molecular formula is C16H17F3N4O5. The van der Waals surface area contributed by atoms with Gasteiger partial charge in [0.05, 0.1) is 12.6 Å². The van der Waals surface area contributed by atoms with E-state index < -0.39 is 17.4 Å². The van der Waals surface area contributed by atoms with Crippen molar-refractivity contribution in [1.29, 1.82) is 0 Å². The number of halogens is 3. The second-order valence-corrected chi connectivity index (χ2v) is 6.08. The van der Waals surface area contributed by atoms with Gasteiger partial charge in [0.1, 0.15) is 18.1 Å².